The summed E-state index contributed by atoms with van der Waals surface area (Å²) in [6.45, 7) is 1.52. The number of hydrogen-bond donors (Lipinski definition) is 2. The summed E-state index contributed by atoms with van der Waals surface area (Å²) >= 11 is 4.96. The number of hydrogen-bond acceptors (Lipinski definition) is 4. The van der Waals surface area contributed by atoms with Gasteiger partial charge in [0.15, 0.2) is 0 Å². The van der Waals surface area contributed by atoms with Crippen LogP contribution in [0.15, 0.2) is 24.3 Å². The van der Waals surface area contributed by atoms with Crippen molar-refractivity contribution in [1.29, 1.82) is 0 Å². The SMILES string of the molecule is CN(CCCOc1ccccc1C(N)=S)CC(N)=O. The molecule has 0 aromatic heterocycles. The first kappa shape index (κ1) is 15.4. The van der Waals surface area contributed by atoms with Crippen LogP contribution in [0.1, 0.15) is 12.0 Å². The van der Waals surface area contributed by atoms with E-state index in [1.165, 1.54) is 0 Å². The first-order valence-electron chi connectivity index (χ1n) is 5.99. The Hall–Kier alpha value is -1.66. The summed E-state index contributed by atoms with van der Waals surface area (Å²) < 4.78 is 5.64. The van der Waals surface area contributed by atoms with Gasteiger partial charge in [-0.2, -0.15) is 0 Å². The Morgan fingerprint density at radius 1 is 1.37 bits per heavy atom. The minimum atomic E-state index is -0.331. The number of para-hydroxylation sites is 1. The Labute approximate surface area is 118 Å². The van der Waals surface area contributed by atoms with Crippen LogP contribution in [0.5, 0.6) is 5.75 Å². The van der Waals surface area contributed by atoms with Crippen LogP contribution in [0.25, 0.3) is 0 Å². The van der Waals surface area contributed by atoms with Crippen LogP contribution in [0.3, 0.4) is 0 Å². The van der Waals surface area contributed by atoms with Crippen LogP contribution in [-0.4, -0.2) is 42.5 Å². The van der Waals surface area contributed by atoms with Crippen LogP contribution >= 0.6 is 12.2 Å². The highest BCUT2D eigenvalue weighted by Crippen LogP contribution is 2.17. The van der Waals surface area contributed by atoms with Crippen molar-refractivity contribution in [3.05, 3.63) is 29.8 Å². The predicted octanol–water partition coefficient (Wildman–Crippen LogP) is 0.507. The number of carbonyl (C=O) groups is 1. The van der Waals surface area contributed by atoms with Gasteiger partial charge in [0.1, 0.15) is 10.7 Å². The van der Waals surface area contributed by atoms with E-state index in [0.717, 1.165) is 18.5 Å². The second-order valence-corrected chi connectivity index (χ2v) is 4.71. The average molecular weight is 281 g/mol. The first-order valence-corrected chi connectivity index (χ1v) is 6.40. The lowest BCUT2D eigenvalue weighted by molar-refractivity contribution is -0.118. The number of thiocarbonyl (C=S) groups is 1. The van der Waals surface area contributed by atoms with Crippen molar-refractivity contribution in [2.45, 2.75) is 6.42 Å². The molecule has 0 saturated carbocycles. The van der Waals surface area contributed by atoms with E-state index in [-0.39, 0.29) is 12.5 Å². The van der Waals surface area contributed by atoms with Crippen LogP contribution in [0.2, 0.25) is 0 Å². The standard InChI is InChI=1S/C13H19N3O2S/c1-16(9-12(14)17)7-4-8-18-11-6-3-2-5-10(11)13(15)19/h2-3,5-6H,4,7-9H2,1H3,(H2,14,17)(H2,15,19). The molecule has 0 fully saturated rings. The predicted molar refractivity (Wildman–Crippen MR) is 79.1 cm³/mol. The number of amides is 1. The minimum Gasteiger partial charge on any atom is -0.493 e. The van der Waals surface area contributed by atoms with E-state index in [1.807, 2.05) is 36.2 Å². The van der Waals surface area contributed by atoms with Crippen LogP contribution < -0.4 is 16.2 Å². The Balaban J connectivity index is 2.37. The molecule has 4 N–H and O–H groups in total. The summed E-state index contributed by atoms with van der Waals surface area (Å²) in [6, 6.07) is 7.40. The Morgan fingerprint density at radius 3 is 2.68 bits per heavy atom. The number of ether oxygens (including phenoxy) is 1. The topological polar surface area (TPSA) is 81.6 Å². The molecule has 1 amide bonds. The molecule has 0 aliphatic rings. The normalized spacial score (nSPS) is 10.4. The van der Waals surface area contributed by atoms with Gasteiger partial charge in [-0.25, -0.2) is 0 Å². The van der Waals surface area contributed by atoms with Gasteiger partial charge >= 0.3 is 0 Å². The summed E-state index contributed by atoms with van der Waals surface area (Å²) in [4.78, 5) is 12.9. The van der Waals surface area contributed by atoms with Crippen molar-refractivity contribution < 1.29 is 9.53 Å². The van der Waals surface area contributed by atoms with Gasteiger partial charge in [0, 0.05) is 6.54 Å². The molecule has 5 nitrogen and oxygen atoms in total. The zero-order valence-corrected chi connectivity index (χ0v) is 11.8. The average Bonchev–Trinajstić information content (AvgIpc) is 2.34. The largest absolute Gasteiger partial charge is 0.493 e. The van der Waals surface area contributed by atoms with Gasteiger partial charge in [-0.1, -0.05) is 24.4 Å². The second-order valence-electron chi connectivity index (χ2n) is 4.27. The molecule has 1 rings (SSSR count). The van der Waals surface area contributed by atoms with Gasteiger partial charge in [-0.05, 0) is 25.6 Å². The Bertz CT molecular complexity index is 451. The summed E-state index contributed by atoms with van der Waals surface area (Å²) in [6.07, 6.45) is 0.787. The minimum absolute atomic E-state index is 0.253. The molecule has 0 atom stereocenters. The molecular formula is C13H19N3O2S. The third-order valence-corrected chi connectivity index (χ3v) is 2.74. The zero-order valence-electron chi connectivity index (χ0n) is 11.0. The molecule has 0 spiro atoms. The highest BCUT2D eigenvalue weighted by molar-refractivity contribution is 7.80. The maximum absolute atomic E-state index is 10.7. The molecule has 1 aromatic carbocycles. The van der Waals surface area contributed by atoms with Gasteiger partial charge in [-0.15, -0.1) is 0 Å². The number of carbonyl (C=O) groups excluding carboxylic acids is 1. The molecule has 0 aliphatic carbocycles. The van der Waals surface area contributed by atoms with Crippen molar-refractivity contribution in [3.8, 4) is 5.75 Å². The Kier molecular flexibility index (Phi) is 6.24. The monoisotopic (exact) mass is 281 g/mol. The van der Waals surface area contributed by atoms with Gasteiger partial charge in [0.2, 0.25) is 5.91 Å². The summed E-state index contributed by atoms with van der Waals surface area (Å²) in [5.74, 6) is 0.356. The van der Waals surface area contributed by atoms with Crippen molar-refractivity contribution in [3.63, 3.8) is 0 Å². The highest BCUT2D eigenvalue weighted by atomic mass is 32.1. The number of primary amides is 1. The molecule has 0 heterocycles. The lowest BCUT2D eigenvalue weighted by atomic mass is 10.2. The van der Waals surface area contributed by atoms with E-state index >= 15 is 0 Å². The lowest BCUT2D eigenvalue weighted by Crippen LogP contribution is -2.31. The molecule has 104 valence electrons. The summed E-state index contributed by atoms with van der Waals surface area (Å²) in [5.41, 5.74) is 11.5. The molecule has 0 unspecified atom stereocenters. The molecule has 0 aliphatic heterocycles. The van der Waals surface area contributed by atoms with Gasteiger partial charge in [0.05, 0.1) is 18.7 Å². The number of benzene rings is 1. The fraction of sp³-hybridized carbons (Fsp3) is 0.385. The van der Waals surface area contributed by atoms with E-state index in [0.29, 0.717) is 17.3 Å². The van der Waals surface area contributed by atoms with Gasteiger partial charge in [-0.3, -0.25) is 9.69 Å². The summed E-state index contributed by atoms with van der Waals surface area (Å²) in [5, 5.41) is 0. The van der Waals surface area contributed by atoms with E-state index in [2.05, 4.69) is 0 Å². The molecule has 0 radical (unpaired) electrons. The lowest BCUT2D eigenvalue weighted by Gasteiger charge is -2.15. The zero-order chi connectivity index (χ0) is 14.3. The molecule has 0 bridgehead atoms. The molecular weight excluding hydrogens is 262 g/mol. The van der Waals surface area contributed by atoms with Crippen molar-refractivity contribution in [2.75, 3.05) is 26.7 Å². The maximum atomic E-state index is 10.7. The van der Waals surface area contributed by atoms with Crippen LogP contribution in [-0.2, 0) is 4.79 Å². The van der Waals surface area contributed by atoms with Crippen LogP contribution in [0, 0.1) is 0 Å². The van der Waals surface area contributed by atoms with Gasteiger partial charge in [0.25, 0.3) is 0 Å². The number of likely N-dealkylation sites (N-methyl/N-ethyl adjacent to an activating group) is 1. The number of nitrogens with two attached hydrogens (primary N) is 2. The molecule has 0 saturated heterocycles. The second kappa shape index (κ2) is 7.70. The quantitative estimate of drug-likeness (QED) is 0.536. The number of rotatable bonds is 8. The van der Waals surface area contributed by atoms with Crippen molar-refractivity contribution in [1.82, 2.24) is 4.90 Å². The molecule has 6 heteroatoms. The van der Waals surface area contributed by atoms with Crippen LogP contribution in [0.4, 0.5) is 0 Å². The Morgan fingerprint density at radius 2 is 2.05 bits per heavy atom. The van der Waals surface area contributed by atoms with Gasteiger partial charge < -0.3 is 16.2 Å². The fourth-order valence-electron chi connectivity index (χ4n) is 1.66. The van der Waals surface area contributed by atoms with E-state index in [4.69, 9.17) is 28.4 Å². The van der Waals surface area contributed by atoms with Crippen molar-refractivity contribution >= 4 is 23.1 Å². The third-order valence-electron chi connectivity index (χ3n) is 2.52. The summed E-state index contributed by atoms with van der Waals surface area (Å²) in [7, 11) is 1.84. The van der Waals surface area contributed by atoms with Crippen molar-refractivity contribution in [2.24, 2.45) is 11.5 Å². The fourth-order valence-corrected chi connectivity index (χ4v) is 1.83. The van der Waals surface area contributed by atoms with E-state index in [1.54, 1.807) is 0 Å². The highest BCUT2D eigenvalue weighted by Gasteiger charge is 2.06. The van der Waals surface area contributed by atoms with E-state index in [9.17, 15) is 4.79 Å². The molecule has 1 aromatic rings. The number of nitrogens with zero attached hydrogens (tertiary/aromatic N) is 1. The smallest absolute Gasteiger partial charge is 0.231 e. The molecule has 19 heavy (non-hydrogen) atoms. The third kappa shape index (κ3) is 5.67. The first-order chi connectivity index (χ1) is 9.00. The van der Waals surface area contributed by atoms with E-state index < -0.39 is 0 Å². The maximum Gasteiger partial charge on any atom is 0.231 e.